The second-order valence-electron chi connectivity index (χ2n) is 6.11. The van der Waals surface area contributed by atoms with Gasteiger partial charge >= 0.3 is 6.18 Å². The van der Waals surface area contributed by atoms with Crippen molar-refractivity contribution < 1.29 is 13.2 Å². The third-order valence-corrected chi connectivity index (χ3v) is 4.85. The summed E-state index contributed by atoms with van der Waals surface area (Å²) in [5, 5.41) is 0. The van der Waals surface area contributed by atoms with Gasteiger partial charge in [-0.3, -0.25) is 0 Å². The average Bonchev–Trinajstić information content (AvgIpc) is 2.46. The molecule has 2 rings (SSSR count). The molecule has 0 radical (unpaired) electrons. The lowest BCUT2D eigenvalue weighted by molar-refractivity contribution is -0.186. The van der Waals surface area contributed by atoms with Crippen LogP contribution in [0.4, 0.5) is 18.9 Å². The van der Waals surface area contributed by atoms with E-state index in [1.165, 1.54) is 0 Å². The van der Waals surface area contributed by atoms with E-state index in [0.717, 1.165) is 11.3 Å². The number of hydrogen-bond acceptors (Lipinski definition) is 2. The first kappa shape index (κ1) is 16.1. The lowest BCUT2D eigenvalue weighted by Gasteiger charge is -2.48. The third kappa shape index (κ3) is 3.18. The zero-order valence-corrected chi connectivity index (χ0v) is 12.6. The fourth-order valence-electron chi connectivity index (χ4n) is 3.44. The summed E-state index contributed by atoms with van der Waals surface area (Å²) >= 11 is 0. The summed E-state index contributed by atoms with van der Waals surface area (Å²) in [6.45, 7) is 2.21. The molecule has 1 aromatic rings. The van der Waals surface area contributed by atoms with Crippen molar-refractivity contribution in [3.05, 3.63) is 29.8 Å². The Morgan fingerprint density at radius 1 is 1.33 bits per heavy atom. The molecule has 1 aliphatic carbocycles. The van der Waals surface area contributed by atoms with Crippen LogP contribution in [0.2, 0.25) is 0 Å². The number of benzene rings is 1. The van der Waals surface area contributed by atoms with Gasteiger partial charge < -0.3 is 10.6 Å². The van der Waals surface area contributed by atoms with Crippen molar-refractivity contribution in [3.63, 3.8) is 0 Å². The zero-order chi connectivity index (χ0) is 15.7. The number of para-hydroxylation sites is 1. The van der Waals surface area contributed by atoms with Gasteiger partial charge in [-0.25, -0.2) is 0 Å². The van der Waals surface area contributed by atoms with Crippen molar-refractivity contribution in [1.29, 1.82) is 0 Å². The molecule has 2 nitrogen and oxygen atoms in total. The van der Waals surface area contributed by atoms with Crippen molar-refractivity contribution in [3.8, 4) is 0 Å². The van der Waals surface area contributed by atoms with E-state index in [1.807, 2.05) is 43.1 Å². The molecule has 0 amide bonds. The Hall–Kier alpha value is -1.23. The summed E-state index contributed by atoms with van der Waals surface area (Å²) in [5.74, 6) is -1.25. The Bertz CT molecular complexity index is 487. The van der Waals surface area contributed by atoms with Crippen molar-refractivity contribution in [1.82, 2.24) is 0 Å². The fraction of sp³-hybridized carbons (Fsp3) is 0.625. The molecule has 118 valence electrons. The van der Waals surface area contributed by atoms with Crippen LogP contribution >= 0.6 is 0 Å². The number of hydrogen-bond donors (Lipinski definition) is 1. The average molecular weight is 300 g/mol. The molecule has 1 aromatic carbocycles. The van der Waals surface area contributed by atoms with E-state index in [-0.39, 0.29) is 19.4 Å². The topological polar surface area (TPSA) is 29.3 Å². The largest absolute Gasteiger partial charge is 0.391 e. The van der Waals surface area contributed by atoms with E-state index in [0.29, 0.717) is 12.8 Å². The van der Waals surface area contributed by atoms with Crippen LogP contribution < -0.4 is 10.6 Å². The van der Waals surface area contributed by atoms with Crippen LogP contribution in [0, 0.1) is 12.8 Å². The molecule has 0 aliphatic heterocycles. The molecule has 2 atom stereocenters. The smallest absolute Gasteiger partial charge is 0.367 e. The van der Waals surface area contributed by atoms with Crippen LogP contribution in [0.25, 0.3) is 0 Å². The lowest BCUT2D eigenvalue weighted by atomic mass is 9.74. The summed E-state index contributed by atoms with van der Waals surface area (Å²) in [4.78, 5) is 1.97. The summed E-state index contributed by atoms with van der Waals surface area (Å²) in [6.07, 6.45) is -2.56. The maximum Gasteiger partial charge on any atom is 0.391 e. The van der Waals surface area contributed by atoms with Crippen LogP contribution in [-0.2, 0) is 0 Å². The number of halogens is 3. The Labute approximate surface area is 124 Å². The van der Waals surface area contributed by atoms with Gasteiger partial charge in [0.25, 0.3) is 0 Å². The number of nitrogens with two attached hydrogens (primary N) is 1. The molecule has 0 spiro atoms. The Morgan fingerprint density at radius 2 is 2.00 bits per heavy atom. The van der Waals surface area contributed by atoms with Crippen molar-refractivity contribution in [2.45, 2.75) is 44.3 Å². The monoisotopic (exact) mass is 300 g/mol. The standard InChI is InChI=1S/C16H23F3N2/c1-12-6-3-4-8-14(12)21(2)15(11-20)9-5-7-13(10-15)16(17,18)19/h3-4,6,8,13H,5,7,9-11,20H2,1-2H3. The Kier molecular flexibility index (Phi) is 4.51. The lowest BCUT2D eigenvalue weighted by Crippen LogP contribution is -2.56. The van der Waals surface area contributed by atoms with E-state index in [1.54, 1.807) is 0 Å². The fourth-order valence-corrected chi connectivity index (χ4v) is 3.44. The molecule has 21 heavy (non-hydrogen) atoms. The van der Waals surface area contributed by atoms with Gasteiger partial charge in [0.15, 0.2) is 0 Å². The van der Waals surface area contributed by atoms with Gasteiger partial charge in [-0.05, 0) is 37.8 Å². The number of anilines is 1. The highest BCUT2D eigenvalue weighted by atomic mass is 19.4. The number of nitrogens with zero attached hydrogens (tertiary/aromatic N) is 1. The quantitative estimate of drug-likeness (QED) is 0.918. The van der Waals surface area contributed by atoms with Gasteiger partial charge in [0.05, 0.1) is 11.5 Å². The van der Waals surface area contributed by atoms with E-state index >= 15 is 0 Å². The SMILES string of the molecule is Cc1ccccc1N(C)C1(CN)CCCC(C(F)(F)F)C1. The van der Waals surface area contributed by atoms with Crippen molar-refractivity contribution in [2.24, 2.45) is 11.7 Å². The highest BCUT2D eigenvalue weighted by Crippen LogP contribution is 2.44. The second-order valence-corrected chi connectivity index (χ2v) is 6.11. The van der Waals surface area contributed by atoms with Gasteiger partial charge in [-0.1, -0.05) is 24.6 Å². The highest BCUT2D eigenvalue weighted by molar-refractivity contribution is 5.54. The van der Waals surface area contributed by atoms with Gasteiger partial charge in [0.2, 0.25) is 0 Å². The molecule has 0 saturated heterocycles. The normalized spacial score (nSPS) is 26.7. The van der Waals surface area contributed by atoms with Crippen LogP contribution in [0.15, 0.2) is 24.3 Å². The first-order valence-electron chi connectivity index (χ1n) is 7.36. The molecule has 2 unspecified atom stereocenters. The van der Waals surface area contributed by atoms with Gasteiger partial charge in [-0.15, -0.1) is 0 Å². The zero-order valence-electron chi connectivity index (χ0n) is 12.6. The van der Waals surface area contributed by atoms with Gasteiger partial charge in [-0.2, -0.15) is 13.2 Å². The molecule has 0 heterocycles. The predicted molar refractivity (Wildman–Crippen MR) is 79.4 cm³/mol. The van der Waals surface area contributed by atoms with Gasteiger partial charge in [0, 0.05) is 19.3 Å². The van der Waals surface area contributed by atoms with Crippen LogP contribution in [0.5, 0.6) is 0 Å². The molecule has 0 bridgehead atoms. The number of rotatable bonds is 3. The summed E-state index contributed by atoms with van der Waals surface area (Å²) < 4.78 is 39.3. The molecule has 1 fully saturated rings. The maximum atomic E-state index is 13.1. The van der Waals surface area contributed by atoms with Crippen molar-refractivity contribution >= 4 is 5.69 Å². The van der Waals surface area contributed by atoms with Gasteiger partial charge in [0.1, 0.15) is 0 Å². The molecular weight excluding hydrogens is 277 g/mol. The number of alkyl halides is 3. The molecule has 1 saturated carbocycles. The highest BCUT2D eigenvalue weighted by Gasteiger charge is 2.48. The number of likely N-dealkylation sites (N-methyl/N-ethyl adjacent to an activating group) is 1. The molecule has 0 aromatic heterocycles. The summed E-state index contributed by atoms with van der Waals surface area (Å²) in [7, 11) is 1.87. The molecule has 5 heteroatoms. The van der Waals surface area contributed by atoms with E-state index in [4.69, 9.17) is 5.73 Å². The molecular formula is C16H23F3N2. The number of aryl methyl sites for hydroxylation is 1. The second kappa shape index (κ2) is 5.87. The van der Waals surface area contributed by atoms with Crippen molar-refractivity contribution in [2.75, 3.05) is 18.5 Å². The first-order chi connectivity index (χ1) is 9.80. The minimum atomic E-state index is -4.13. The third-order valence-electron chi connectivity index (χ3n) is 4.85. The minimum Gasteiger partial charge on any atom is -0.367 e. The summed E-state index contributed by atoms with van der Waals surface area (Å²) in [6, 6.07) is 7.76. The Balaban J connectivity index is 2.31. The molecule has 2 N–H and O–H groups in total. The Morgan fingerprint density at radius 3 is 2.57 bits per heavy atom. The maximum absolute atomic E-state index is 13.1. The van der Waals surface area contributed by atoms with E-state index < -0.39 is 17.6 Å². The van der Waals surface area contributed by atoms with E-state index in [2.05, 4.69) is 0 Å². The van der Waals surface area contributed by atoms with Crippen LogP contribution in [-0.4, -0.2) is 25.3 Å². The first-order valence-corrected chi connectivity index (χ1v) is 7.36. The summed E-state index contributed by atoms with van der Waals surface area (Å²) in [5.41, 5.74) is 7.34. The van der Waals surface area contributed by atoms with E-state index in [9.17, 15) is 13.2 Å². The predicted octanol–water partition coefficient (Wildman–Crippen LogP) is 3.88. The molecule has 1 aliphatic rings. The van der Waals surface area contributed by atoms with Crippen LogP contribution in [0.1, 0.15) is 31.2 Å². The minimum absolute atomic E-state index is 0.0812. The van der Waals surface area contributed by atoms with Crippen LogP contribution in [0.3, 0.4) is 0 Å².